The van der Waals surface area contributed by atoms with Gasteiger partial charge in [0.2, 0.25) is 0 Å². The molecule has 2 N–H and O–H groups in total. The highest BCUT2D eigenvalue weighted by atomic mass is 16.6. The Labute approximate surface area is 79.7 Å². The summed E-state index contributed by atoms with van der Waals surface area (Å²) in [6.07, 6.45) is 4.40. The lowest BCUT2D eigenvalue weighted by Crippen LogP contribution is -2.19. The van der Waals surface area contributed by atoms with Gasteiger partial charge in [-0.3, -0.25) is 0 Å². The van der Waals surface area contributed by atoms with E-state index in [9.17, 15) is 0 Å². The fourth-order valence-electron chi connectivity index (χ4n) is 1.60. The lowest BCUT2D eigenvalue weighted by Gasteiger charge is -2.25. The van der Waals surface area contributed by atoms with Gasteiger partial charge >= 0.3 is 0 Å². The average Bonchev–Trinajstić information content (AvgIpc) is 3.05. The molecule has 3 heteroatoms. The molecule has 1 saturated carbocycles. The molecule has 2 aliphatic rings. The molecule has 0 aromatic heterocycles. The van der Waals surface area contributed by atoms with Crippen molar-refractivity contribution in [3.63, 3.8) is 0 Å². The van der Waals surface area contributed by atoms with E-state index in [1.807, 2.05) is 0 Å². The van der Waals surface area contributed by atoms with E-state index in [1.54, 1.807) is 0 Å². The number of rotatable bonds is 2. The van der Waals surface area contributed by atoms with Gasteiger partial charge in [-0.2, -0.15) is 0 Å². The van der Waals surface area contributed by atoms with Gasteiger partial charge < -0.3 is 14.9 Å². The summed E-state index contributed by atoms with van der Waals surface area (Å²) in [5, 5.41) is 17.6. The molecule has 3 nitrogen and oxygen atoms in total. The molecule has 0 bridgehead atoms. The summed E-state index contributed by atoms with van der Waals surface area (Å²) in [7, 11) is 0. The second kappa shape index (κ2) is 6.35. The van der Waals surface area contributed by atoms with Crippen LogP contribution in [0.1, 0.15) is 25.7 Å². The number of aliphatic hydroxyl groups excluding tert-OH is 2. The third-order valence-corrected chi connectivity index (χ3v) is 2.69. The van der Waals surface area contributed by atoms with Gasteiger partial charge in [-0.05, 0) is 37.5 Å². The molecular formula is C10H20O3. The highest BCUT2D eigenvalue weighted by Crippen LogP contribution is 2.27. The molecule has 1 aliphatic carbocycles. The normalized spacial score (nSPS) is 31.8. The van der Waals surface area contributed by atoms with Crippen LogP contribution in [0.3, 0.4) is 0 Å². The number of ether oxygens (including phenoxy) is 1. The first-order valence-electron chi connectivity index (χ1n) is 5.16. The number of hydrogen-bond donors (Lipinski definition) is 2. The van der Waals surface area contributed by atoms with Crippen molar-refractivity contribution < 1.29 is 14.9 Å². The molecule has 1 heterocycles. The highest BCUT2D eigenvalue weighted by Gasteiger charge is 2.19. The minimum absolute atomic E-state index is 0.331. The predicted molar refractivity (Wildman–Crippen MR) is 50.4 cm³/mol. The molecule has 13 heavy (non-hydrogen) atoms. The first kappa shape index (κ1) is 11.0. The monoisotopic (exact) mass is 188 g/mol. The van der Waals surface area contributed by atoms with Crippen LogP contribution in [0.4, 0.5) is 0 Å². The summed E-state index contributed by atoms with van der Waals surface area (Å²) < 4.78 is 4.50. The smallest absolute Gasteiger partial charge is 0.0701 e. The van der Waals surface area contributed by atoms with Gasteiger partial charge in [0.25, 0.3) is 0 Å². The van der Waals surface area contributed by atoms with Crippen LogP contribution in [0.2, 0.25) is 0 Å². The molecule has 78 valence electrons. The van der Waals surface area contributed by atoms with Gasteiger partial charge in [0, 0.05) is 13.2 Å². The van der Waals surface area contributed by atoms with Gasteiger partial charge in [-0.15, -0.1) is 0 Å². The SMILES string of the molecule is C1CO1.OCC1CCC(CO)CC1. The van der Waals surface area contributed by atoms with Crippen molar-refractivity contribution in [2.24, 2.45) is 11.8 Å². The lowest BCUT2D eigenvalue weighted by atomic mass is 9.83. The average molecular weight is 188 g/mol. The number of hydrogen-bond acceptors (Lipinski definition) is 3. The second-order valence-electron chi connectivity index (χ2n) is 3.86. The quantitative estimate of drug-likeness (QED) is 0.630. The van der Waals surface area contributed by atoms with Crippen molar-refractivity contribution >= 4 is 0 Å². The van der Waals surface area contributed by atoms with E-state index in [0.29, 0.717) is 25.0 Å². The van der Waals surface area contributed by atoms with Crippen molar-refractivity contribution in [1.82, 2.24) is 0 Å². The van der Waals surface area contributed by atoms with E-state index in [2.05, 4.69) is 4.74 Å². The van der Waals surface area contributed by atoms with E-state index < -0.39 is 0 Å². The van der Waals surface area contributed by atoms with Crippen molar-refractivity contribution in [3.05, 3.63) is 0 Å². The van der Waals surface area contributed by atoms with Crippen LogP contribution >= 0.6 is 0 Å². The minimum atomic E-state index is 0.331. The van der Waals surface area contributed by atoms with Crippen LogP contribution in [0, 0.1) is 11.8 Å². The molecule has 0 aromatic rings. The van der Waals surface area contributed by atoms with Crippen LogP contribution in [0.15, 0.2) is 0 Å². The van der Waals surface area contributed by atoms with Crippen LogP contribution in [0.25, 0.3) is 0 Å². The second-order valence-corrected chi connectivity index (χ2v) is 3.86. The summed E-state index contributed by atoms with van der Waals surface area (Å²) in [6.45, 7) is 2.66. The Balaban J connectivity index is 0.000000236. The van der Waals surface area contributed by atoms with Gasteiger partial charge in [0.05, 0.1) is 13.2 Å². The Kier molecular flexibility index (Phi) is 5.35. The van der Waals surface area contributed by atoms with Crippen LogP contribution < -0.4 is 0 Å². The van der Waals surface area contributed by atoms with Crippen LogP contribution in [-0.2, 0) is 4.74 Å². The van der Waals surface area contributed by atoms with Crippen molar-refractivity contribution in [3.8, 4) is 0 Å². The zero-order valence-corrected chi connectivity index (χ0v) is 8.11. The standard InChI is InChI=1S/C8H16O2.C2H4O/c9-5-7-1-2-8(6-10)4-3-7;1-2-3-1/h7-10H,1-6H2;1-2H2. The Bertz CT molecular complexity index is 103. The van der Waals surface area contributed by atoms with E-state index in [0.717, 1.165) is 38.9 Å². The zero-order chi connectivity index (χ0) is 9.52. The van der Waals surface area contributed by atoms with Gasteiger partial charge in [0.15, 0.2) is 0 Å². The Morgan fingerprint density at radius 1 is 0.846 bits per heavy atom. The Morgan fingerprint density at radius 3 is 1.31 bits per heavy atom. The fraction of sp³-hybridized carbons (Fsp3) is 1.00. The number of epoxide rings is 1. The molecule has 1 aliphatic heterocycles. The summed E-state index contributed by atoms with van der Waals surface area (Å²) in [5.74, 6) is 1.03. The maximum absolute atomic E-state index is 8.79. The molecule has 2 rings (SSSR count). The van der Waals surface area contributed by atoms with Crippen molar-refractivity contribution in [2.75, 3.05) is 26.4 Å². The highest BCUT2D eigenvalue weighted by molar-refractivity contribution is 4.70. The summed E-state index contributed by atoms with van der Waals surface area (Å²) >= 11 is 0. The molecule has 0 amide bonds. The first-order valence-corrected chi connectivity index (χ1v) is 5.16. The first-order chi connectivity index (χ1) is 6.36. The van der Waals surface area contributed by atoms with Crippen LogP contribution in [-0.4, -0.2) is 36.6 Å². The third-order valence-electron chi connectivity index (χ3n) is 2.69. The van der Waals surface area contributed by atoms with E-state index in [1.165, 1.54) is 0 Å². The van der Waals surface area contributed by atoms with Crippen molar-refractivity contribution in [1.29, 1.82) is 0 Å². The third kappa shape index (κ3) is 5.24. The fourth-order valence-corrected chi connectivity index (χ4v) is 1.60. The summed E-state index contributed by atoms with van der Waals surface area (Å²) in [5.41, 5.74) is 0. The van der Waals surface area contributed by atoms with Gasteiger partial charge in [-0.1, -0.05) is 0 Å². The molecule has 0 spiro atoms. The maximum atomic E-state index is 8.79. The van der Waals surface area contributed by atoms with Gasteiger partial charge in [0.1, 0.15) is 0 Å². The minimum Gasteiger partial charge on any atom is -0.396 e. The molecule has 1 saturated heterocycles. The molecule has 0 aromatic carbocycles. The van der Waals surface area contributed by atoms with Gasteiger partial charge in [-0.25, -0.2) is 0 Å². The van der Waals surface area contributed by atoms with E-state index in [4.69, 9.17) is 10.2 Å². The van der Waals surface area contributed by atoms with E-state index >= 15 is 0 Å². The largest absolute Gasteiger partial charge is 0.396 e. The molecule has 0 atom stereocenters. The Hall–Kier alpha value is -0.120. The lowest BCUT2D eigenvalue weighted by molar-refractivity contribution is 0.131. The van der Waals surface area contributed by atoms with Crippen LogP contribution in [0.5, 0.6) is 0 Å². The maximum Gasteiger partial charge on any atom is 0.0701 e. The molecule has 0 unspecified atom stereocenters. The zero-order valence-electron chi connectivity index (χ0n) is 8.11. The molecule has 0 radical (unpaired) electrons. The predicted octanol–water partition coefficient (Wildman–Crippen LogP) is 0.794. The molecular weight excluding hydrogens is 168 g/mol. The molecule has 2 fully saturated rings. The van der Waals surface area contributed by atoms with Crippen molar-refractivity contribution in [2.45, 2.75) is 25.7 Å². The summed E-state index contributed by atoms with van der Waals surface area (Å²) in [4.78, 5) is 0. The Morgan fingerprint density at radius 2 is 1.15 bits per heavy atom. The summed E-state index contributed by atoms with van der Waals surface area (Å²) in [6, 6.07) is 0. The number of aliphatic hydroxyl groups is 2. The van der Waals surface area contributed by atoms with E-state index in [-0.39, 0.29) is 0 Å². The topological polar surface area (TPSA) is 53.0 Å².